The van der Waals surface area contributed by atoms with Gasteiger partial charge in [0.15, 0.2) is 5.15 Å². The molecule has 8 heteroatoms. The summed E-state index contributed by atoms with van der Waals surface area (Å²) < 4.78 is 5.13. The van der Waals surface area contributed by atoms with Crippen molar-refractivity contribution < 1.29 is 9.66 Å². The number of non-ortho nitro benzene ring substituents is 1. The Labute approximate surface area is 147 Å². The third-order valence-corrected chi connectivity index (χ3v) is 4.17. The highest BCUT2D eigenvalue weighted by molar-refractivity contribution is 6.34. The molecule has 0 aliphatic carbocycles. The molecule has 0 saturated carbocycles. The van der Waals surface area contributed by atoms with Gasteiger partial charge in [0.05, 0.1) is 22.7 Å². The van der Waals surface area contributed by atoms with Crippen LogP contribution in [0, 0.1) is 10.1 Å². The van der Waals surface area contributed by atoms with Crippen LogP contribution < -0.4 is 4.74 Å². The van der Waals surface area contributed by atoms with Crippen LogP contribution in [0.15, 0.2) is 36.4 Å². The third-order valence-electron chi connectivity index (χ3n) is 3.59. The van der Waals surface area contributed by atoms with Crippen molar-refractivity contribution in [2.45, 2.75) is 6.42 Å². The number of nitro groups is 1. The van der Waals surface area contributed by atoms with Gasteiger partial charge in [-0.2, -0.15) is 5.10 Å². The number of benzene rings is 2. The summed E-state index contributed by atoms with van der Waals surface area (Å²) in [5, 5.41) is 20.9. The number of fused-ring (bicyclic) bond motifs is 1. The zero-order valence-corrected chi connectivity index (χ0v) is 14.0. The molecule has 6 nitrogen and oxygen atoms in total. The van der Waals surface area contributed by atoms with Crippen LogP contribution in [0.4, 0.5) is 5.69 Å². The summed E-state index contributed by atoms with van der Waals surface area (Å²) in [4.78, 5) is 10.6. The minimum absolute atomic E-state index is 0.0272. The second-order valence-corrected chi connectivity index (χ2v) is 5.84. The maximum absolute atomic E-state index is 11.0. The normalized spacial score (nSPS) is 10.8. The summed E-state index contributed by atoms with van der Waals surface area (Å²) in [5.41, 5.74) is 1.44. The lowest BCUT2D eigenvalue weighted by Gasteiger charge is -2.08. The summed E-state index contributed by atoms with van der Waals surface area (Å²) >= 11 is 12.2. The average Bonchev–Trinajstić information content (AvgIpc) is 2.57. The number of ether oxygens (including phenoxy) is 1. The second kappa shape index (κ2) is 6.59. The standard InChI is InChI=1S/C16H11Cl2N3O3/c1-24-15-5-2-9(6-13(15)17)7-14-12-8-10(21(22)23)3-4-11(12)16(18)20-19-14/h2-6,8H,7H2,1H3. The van der Waals surface area contributed by atoms with E-state index >= 15 is 0 Å². The Morgan fingerprint density at radius 3 is 2.58 bits per heavy atom. The molecule has 0 saturated heterocycles. The predicted molar refractivity (Wildman–Crippen MR) is 92.0 cm³/mol. The number of nitro benzene ring substituents is 1. The van der Waals surface area contributed by atoms with E-state index in [2.05, 4.69) is 10.2 Å². The van der Waals surface area contributed by atoms with E-state index in [1.165, 1.54) is 19.2 Å². The van der Waals surface area contributed by atoms with Crippen molar-refractivity contribution in [2.24, 2.45) is 0 Å². The van der Waals surface area contributed by atoms with Crippen LogP contribution in [0.3, 0.4) is 0 Å². The van der Waals surface area contributed by atoms with Crippen molar-refractivity contribution in [2.75, 3.05) is 7.11 Å². The van der Waals surface area contributed by atoms with Crippen LogP contribution in [0.1, 0.15) is 11.3 Å². The Hall–Kier alpha value is -2.44. The van der Waals surface area contributed by atoms with Gasteiger partial charge >= 0.3 is 0 Å². The van der Waals surface area contributed by atoms with Gasteiger partial charge < -0.3 is 4.74 Å². The molecule has 122 valence electrons. The van der Waals surface area contributed by atoms with Gasteiger partial charge in [-0.15, -0.1) is 5.10 Å². The lowest BCUT2D eigenvalue weighted by atomic mass is 10.0. The first kappa shape index (κ1) is 16.4. The molecule has 0 amide bonds. The Kier molecular flexibility index (Phi) is 4.51. The van der Waals surface area contributed by atoms with Crippen molar-refractivity contribution in [3.8, 4) is 5.75 Å². The first-order chi connectivity index (χ1) is 11.5. The Balaban J connectivity index is 2.08. The molecule has 1 heterocycles. The van der Waals surface area contributed by atoms with Crippen LogP contribution in [0.25, 0.3) is 10.8 Å². The van der Waals surface area contributed by atoms with Crippen LogP contribution in [-0.4, -0.2) is 22.2 Å². The quantitative estimate of drug-likeness (QED) is 0.505. The number of methoxy groups -OCH3 is 1. The molecule has 1 aromatic heterocycles. The van der Waals surface area contributed by atoms with E-state index in [-0.39, 0.29) is 10.8 Å². The maximum atomic E-state index is 11.0. The second-order valence-electron chi connectivity index (χ2n) is 5.07. The van der Waals surface area contributed by atoms with Crippen molar-refractivity contribution >= 4 is 39.7 Å². The molecular weight excluding hydrogens is 353 g/mol. The van der Waals surface area contributed by atoms with Crippen molar-refractivity contribution in [1.82, 2.24) is 10.2 Å². The van der Waals surface area contributed by atoms with Gasteiger partial charge in [0.25, 0.3) is 5.69 Å². The van der Waals surface area contributed by atoms with Crippen molar-refractivity contribution in [3.05, 3.63) is 67.9 Å². The molecule has 0 bridgehead atoms. The molecule has 3 rings (SSSR count). The molecule has 0 radical (unpaired) electrons. The minimum Gasteiger partial charge on any atom is -0.495 e. The molecule has 3 aromatic rings. The highest BCUT2D eigenvalue weighted by Gasteiger charge is 2.14. The summed E-state index contributed by atoms with van der Waals surface area (Å²) in [7, 11) is 1.54. The fourth-order valence-corrected chi connectivity index (χ4v) is 2.90. The summed E-state index contributed by atoms with van der Waals surface area (Å²) in [6, 6.07) is 9.80. The highest BCUT2D eigenvalue weighted by atomic mass is 35.5. The van der Waals surface area contributed by atoms with Crippen LogP contribution >= 0.6 is 23.2 Å². The summed E-state index contributed by atoms with van der Waals surface area (Å²) in [6.45, 7) is 0. The lowest BCUT2D eigenvalue weighted by Crippen LogP contribution is -1.99. The number of hydrogen-bond acceptors (Lipinski definition) is 5. The molecule has 0 aliphatic rings. The van der Waals surface area contributed by atoms with E-state index in [0.29, 0.717) is 33.7 Å². The molecule has 0 N–H and O–H groups in total. The van der Waals surface area contributed by atoms with E-state index in [1.807, 2.05) is 6.07 Å². The predicted octanol–water partition coefficient (Wildman–Crippen LogP) is 4.44. The van der Waals surface area contributed by atoms with Crippen molar-refractivity contribution in [3.63, 3.8) is 0 Å². The molecule has 24 heavy (non-hydrogen) atoms. The zero-order chi connectivity index (χ0) is 17.3. The van der Waals surface area contributed by atoms with Gasteiger partial charge in [-0.3, -0.25) is 10.1 Å². The monoisotopic (exact) mass is 363 g/mol. The van der Waals surface area contributed by atoms with E-state index in [9.17, 15) is 10.1 Å². The van der Waals surface area contributed by atoms with Gasteiger partial charge in [0, 0.05) is 29.3 Å². The topological polar surface area (TPSA) is 78.2 Å². The van der Waals surface area contributed by atoms with E-state index in [4.69, 9.17) is 27.9 Å². The molecule has 0 fully saturated rings. The van der Waals surface area contributed by atoms with Crippen LogP contribution in [0.5, 0.6) is 5.75 Å². The number of aromatic nitrogens is 2. The summed E-state index contributed by atoms with van der Waals surface area (Å²) in [6.07, 6.45) is 0.408. The number of halogens is 2. The Morgan fingerprint density at radius 2 is 1.92 bits per heavy atom. The van der Waals surface area contributed by atoms with Crippen LogP contribution in [0.2, 0.25) is 10.2 Å². The van der Waals surface area contributed by atoms with Crippen molar-refractivity contribution in [1.29, 1.82) is 0 Å². The molecule has 0 spiro atoms. The smallest absolute Gasteiger partial charge is 0.270 e. The first-order valence-electron chi connectivity index (χ1n) is 6.91. The van der Waals surface area contributed by atoms with E-state index < -0.39 is 4.92 Å². The lowest BCUT2D eigenvalue weighted by molar-refractivity contribution is -0.384. The first-order valence-corrected chi connectivity index (χ1v) is 7.67. The fraction of sp³-hybridized carbons (Fsp3) is 0.125. The largest absolute Gasteiger partial charge is 0.495 e. The van der Waals surface area contributed by atoms with E-state index in [0.717, 1.165) is 5.56 Å². The molecule has 0 aliphatic heterocycles. The van der Waals surface area contributed by atoms with Gasteiger partial charge in [-0.1, -0.05) is 29.3 Å². The highest BCUT2D eigenvalue weighted by Crippen LogP contribution is 2.30. The minimum atomic E-state index is -0.457. The van der Waals surface area contributed by atoms with Gasteiger partial charge in [0.2, 0.25) is 0 Å². The summed E-state index contributed by atoms with van der Waals surface area (Å²) in [5.74, 6) is 0.572. The third kappa shape index (κ3) is 3.11. The SMILES string of the molecule is COc1ccc(Cc2nnc(Cl)c3ccc([N+](=O)[O-])cc23)cc1Cl. The van der Waals surface area contributed by atoms with E-state index in [1.54, 1.807) is 18.2 Å². The van der Waals surface area contributed by atoms with Gasteiger partial charge in [0.1, 0.15) is 5.75 Å². The Morgan fingerprint density at radius 1 is 1.12 bits per heavy atom. The van der Waals surface area contributed by atoms with Gasteiger partial charge in [-0.05, 0) is 23.8 Å². The molecule has 0 atom stereocenters. The fourth-order valence-electron chi connectivity index (χ4n) is 2.42. The molecule has 2 aromatic carbocycles. The number of hydrogen-bond donors (Lipinski definition) is 0. The maximum Gasteiger partial charge on any atom is 0.270 e. The zero-order valence-electron chi connectivity index (χ0n) is 12.5. The molecule has 0 unspecified atom stereocenters. The Bertz CT molecular complexity index is 947. The number of rotatable bonds is 4. The van der Waals surface area contributed by atoms with Gasteiger partial charge in [-0.25, -0.2) is 0 Å². The number of nitrogens with zero attached hydrogens (tertiary/aromatic N) is 3. The average molecular weight is 364 g/mol. The van der Waals surface area contributed by atoms with Crippen LogP contribution in [-0.2, 0) is 6.42 Å². The molecular formula is C16H11Cl2N3O3.